The second kappa shape index (κ2) is 6.17. The monoisotopic (exact) mass is 264 g/mol. The van der Waals surface area contributed by atoms with Gasteiger partial charge in [-0.25, -0.2) is 9.37 Å². The van der Waals surface area contributed by atoms with Gasteiger partial charge in [-0.3, -0.25) is 4.79 Å². The molecule has 3 N–H and O–H groups in total. The summed E-state index contributed by atoms with van der Waals surface area (Å²) >= 11 is 0. The summed E-state index contributed by atoms with van der Waals surface area (Å²) < 4.78 is 13.0. The third kappa shape index (κ3) is 3.67. The second-order valence-corrected chi connectivity index (χ2v) is 4.27. The number of anilines is 1. The highest BCUT2D eigenvalue weighted by atomic mass is 19.1. The van der Waals surface area contributed by atoms with Crippen molar-refractivity contribution in [3.8, 4) is 0 Å². The van der Waals surface area contributed by atoms with Gasteiger partial charge in [0.15, 0.2) is 0 Å². The van der Waals surface area contributed by atoms with Crippen LogP contribution in [0.15, 0.2) is 18.2 Å². The van der Waals surface area contributed by atoms with Crippen molar-refractivity contribution >= 4 is 22.9 Å². The number of H-pyrrole nitrogens is 1. The summed E-state index contributed by atoms with van der Waals surface area (Å²) in [4.78, 5) is 18.6. The van der Waals surface area contributed by atoms with Crippen LogP contribution in [0.5, 0.6) is 0 Å². The average Bonchev–Trinajstić information content (AvgIpc) is 2.78. The molecule has 6 heteroatoms. The van der Waals surface area contributed by atoms with Crippen molar-refractivity contribution in [2.75, 3.05) is 18.4 Å². The molecule has 1 aromatic carbocycles. The Labute approximate surface area is 110 Å². The number of hydrogen-bond acceptors (Lipinski definition) is 3. The molecule has 2 aromatic rings. The molecule has 0 atom stereocenters. The zero-order chi connectivity index (χ0) is 13.7. The van der Waals surface area contributed by atoms with Crippen molar-refractivity contribution in [2.45, 2.75) is 19.8 Å². The summed E-state index contributed by atoms with van der Waals surface area (Å²) in [6, 6.07) is 4.37. The van der Waals surface area contributed by atoms with Crippen LogP contribution in [0.2, 0.25) is 0 Å². The van der Waals surface area contributed by atoms with Crippen LogP contribution in [0.3, 0.4) is 0 Å². The van der Waals surface area contributed by atoms with E-state index < -0.39 is 0 Å². The fourth-order valence-corrected chi connectivity index (χ4v) is 1.71. The molecule has 0 bridgehead atoms. The molecule has 19 heavy (non-hydrogen) atoms. The molecule has 0 fully saturated rings. The highest BCUT2D eigenvalue weighted by Gasteiger charge is 2.04. The van der Waals surface area contributed by atoms with E-state index in [1.54, 1.807) is 6.07 Å². The van der Waals surface area contributed by atoms with Crippen LogP contribution in [0.1, 0.15) is 19.8 Å². The van der Waals surface area contributed by atoms with Crippen molar-refractivity contribution in [2.24, 2.45) is 0 Å². The van der Waals surface area contributed by atoms with Crippen LogP contribution in [0, 0.1) is 5.82 Å². The van der Waals surface area contributed by atoms with Crippen LogP contribution in [-0.4, -0.2) is 29.0 Å². The minimum absolute atomic E-state index is 0.0107. The summed E-state index contributed by atoms with van der Waals surface area (Å²) in [6.07, 6.45) is 1.31. The molecule has 0 aliphatic carbocycles. The third-order valence-corrected chi connectivity index (χ3v) is 2.66. The number of fused-ring (bicyclic) bond motifs is 1. The lowest BCUT2D eigenvalue weighted by atomic mass is 10.3. The van der Waals surface area contributed by atoms with Crippen molar-refractivity contribution in [1.82, 2.24) is 15.3 Å². The van der Waals surface area contributed by atoms with Crippen LogP contribution < -0.4 is 10.6 Å². The average molecular weight is 264 g/mol. The number of nitrogens with one attached hydrogen (secondary N) is 3. The van der Waals surface area contributed by atoms with E-state index in [1.165, 1.54) is 12.1 Å². The molecule has 2 rings (SSSR count). The minimum Gasteiger partial charge on any atom is -0.356 e. The number of benzene rings is 1. The standard InChI is InChI=1S/C13H17FN4O/c1-2-6-15-12(19)5-7-16-13-17-10-4-3-9(14)8-11(10)18-13/h3-4,8H,2,5-7H2,1H3,(H,15,19)(H2,16,17,18). The minimum atomic E-state index is -0.304. The number of imidazole rings is 1. The molecule has 0 aliphatic rings. The maximum atomic E-state index is 13.0. The van der Waals surface area contributed by atoms with Gasteiger partial charge in [0, 0.05) is 19.5 Å². The molecule has 0 aliphatic heterocycles. The first-order valence-corrected chi connectivity index (χ1v) is 6.35. The number of hydrogen-bond donors (Lipinski definition) is 3. The van der Waals surface area contributed by atoms with Gasteiger partial charge in [-0.1, -0.05) is 6.92 Å². The second-order valence-electron chi connectivity index (χ2n) is 4.27. The number of aromatic amines is 1. The maximum Gasteiger partial charge on any atom is 0.221 e. The largest absolute Gasteiger partial charge is 0.356 e. The molecule has 0 saturated heterocycles. The third-order valence-electron chi connectivity index (χ3n) is 2.66. The Morgan fingerprint density at radius 3 is 3.05 bits per heavy atom. The number of carbonyl (C=O) groups excluding carboxylic acids is 1. The Morgan fingerprint density at radius 1 is 1.42 bits per heavy atom. The highest BCUT2D eigenvalue weighted by molar-refractivity contribution is 5.78. The van der Waals surface area contributed by atoms with Gasteiger partial charge in [0.25, 0.3) is 0 Å². The molecule has 1 heterocycles. The molecule has 0 spiro atoms. The van der Waals surface area contributed by atoms with E-state index in [4.69, 9.17) is 0 Å². The number of halogens is 1. The number of aromatic nitrogens is 2. The van der Waals surface area contributed by atoms with Gasteiger partial charge in [-0.2, -0.15) is 0 Å². The van der Waals surface area contributed by atoms with Crippen LogP contribution in [-0.2, 0) is 4.79 Å². The maximum absolute atomic E-state index is 13.0. The Kier molecular flexibility index (Phi) is 4.33. The van der Waals surface area contributed by atoms with Crippen LogP contribution in [0.25, 0.3) is 11.0 Å². The van der Waals surface area contributed by atoms with Gasteiger partial charge in [0.2, 0.25) is 11.9 Å². The van der Waals surface area contributed by atoms with Gasteiger partial charge in [-0.05, 0) is 24.6 Å². The first-order chi connectivity index (χ1) is 9.19. The van der Waals surface area contributed by atoms with Crippen molar-refractivity contribution in [3.63, 3.8) is 0 Å². The first-order valence-electron chi connectivity index (χ1n) is 6.35. The Balaban J connectivity index is 1.86. The fourth-order valence-electron chi connectivity index (χ4n) is 1.71. The van der Waals surface area contributed by atoms with E-state index in [0.29, 0.717) is 36.5 Å². The molecule has 0 saturated carbocycles. The summed E-state index contributed by atoms with van der Waals surface area (Å²) in [6.45, 7) is 3.19. The Hall–Kier alpha value is -2.11. The Bertz CT molecular complexity index is 567. The molecule has 0 radical (unpaired) electrons. The quantitative estimate of drug-likeness (QED) is 0.747. The van der Waals surface area contributed by atoms with Gasteiger partial charge in [-0.15, -0.1) is 0 Å². The molecule has 5 nitrogen and oxygen atoms in total. The lowest BCUT2D eigenvalue weighted by Gasteiger charge is -2.03. The van der Waals surface area contributed by atoms with E-state index in [-0.39, 0.29) is 11.7 Å². The smallest absolute Gasteiger partial charge is 0.221 e. The topological polar surface area (TPSA) is 69.8 Å². The van der Waals surface area contributed by atoms with Crippen molar-refractivity contribution in [1.29, 1.82) is 0 Å². The first kappa shape index (κ1) is 13.3. The lowest BCUT2D eigenvalue weighted by molar-refractivity contribution is -0.120. The molecule has 102 valence electrons. The number of nitrogens with zero attached hydrogens (tertiary/aromatic N) is 1. The highest BCUT2D eigenvalue weighted by Crippen LogP contribution is 2.15. The summed E-state index contributed by atoms with van der Waals surface area (Å²) in [7, 11) is 0. The lowest BCUT2D eigenvalue weighted by Crippen LogP contribution is -2.25. The summed E-state index contributed by atoms with van der Waals surface area (Å²) in [5.41, 5.74) is 1.33. The molecular formula is C13H17FN4O. The van der Waals surface area contributed by atoms with E-state index in [2.05, 4.69) is 20.6 Å². The van der Waals surface area contributed by atoms with E-state index in [1.807, 2.05) is 6.92 Å². The van der Waals surface area contributed by atoms with Gasteiger partial charge >= 0.3 is 0 Å². The van der Waals surface area contributed by atoms with Gasteiger partial charge < -0.3 is 15.6 Å². The van der Waals surface area contributed by atoms with Crippen molar-refractivity contribution < 1.29 is 9.18 Å². The number of rotatable bonds is 6. The SMILES string of the molecule is CCCNC(=O)CCNc1nc2ccc(F)cc2[nH]1. The molecule has 1 aromatic heterocycles. The fraction of sp³-hybridized carbons (Fsp3) is 0.385. The zero-order valence-corrected chi connectivity index (χ0v) is 10.8. The normalized spacial score (nSPS) is 10.6. The summed E-state index contributed by atoms with van der Waals surface area (Å²) in [5.74, 6) is 0.252. The van der Waals surface area contributed by atoms with Gasteiger partial charge in [0.1, 0.15) is 5.82 Å². The molecular weight excluding hydrogens is 247 g/mol. The Morgan fingerprint density at radius 2 is 2.26 bits per heavy atom. The van der Waals surface area contributed by atoms with Crippen LogP contribution in [0.4, 0.5) is 10.3 Å². The van der Waals surface area contributed by atoms with Gasteiger partial charge in [0.05, 0.1) is 11.0 Å². The molecule has 0 unspecified atom stereocenters. The molecule has 1 amide bonds. The van der Waals surface area contributed by atoms with E-state index in [0.717, 1.165) is 6.42 Å². The predicted octanol–water partition coefficient (Wildman–Crippen LogP) is 2.03. The number of carbonyl (C=O) groups is 1. The van der Waals surface area contributed by atoms with E-state index >= 15 is 0 Å². The predicted molar refractivity (Wildman–Crippen MR) is 72.5 cm³/mol. The van der Waals surface area contributed by atoms with E-state index in [9.17, 15) is 9.18 Å². The van der Waals surface area contributed by atoms with Crippen LogP contribution >= 0.6 is 0 Å². The number of amides is 1. The zero-order valence-electron chi connectivity index (χ0n) is 10.8. The summed E-state index contributed by atoms with van der Waals surface area (Å²) in [5, 5.41) is 5.80. The van der Waals surface area contributed by atoms with Crippen molar-refractivity contribution in [3.05, 3.63) is 24.0 Å².